The molecule has 116 valence electrons. The van der Waals surface area contributed by atoms with Crippen molar-refractivity contribution in [2.45, 2.75) is 20.4 Å². The number of benzene rings is 1. The van der Waals surface area contributed by atoms with Gasteiger partial charge >= 0.3 is 0 Å². The first-order valence-corrected chi connectivity index (χ1v) is 7.76. The fourth-order valence-electron chi connectivity index (χ4n) is 2.17. The van der Waals surface area contributed by atoms with E-state index in [9.17, 15) is 4.79 Å². The molecule has 2 rings (SSSR count). The SMILES string of the molecule is CCN(CC)C(=O)c1cc(NCc2ccccc2Cl)ccn1. The second-order valence-electron chi connectivity index (χ2n) is 4.85. The van der Waals surface area contributed by atoms with Gasteiger partial charge in [-0.25, -0.2) is 0 Å². The summed E-state index contributed by atoms with van der Waals surface area (Å²) in [5.41, 5.74) is 2.32. The van der Waals surface area contributed by atoms with Crippen molar-refractivity contribution in [3.8, 4) is 0 Å². The maximum absolute atomic E-state index is 12.3. The first-order valence-electron chi connectivity index (χ1n) is 7.38. The zero-order valence-corrected chi connectivity index (χ0v) is 13.6. The van der Waals surface area contributed by atoms with E-state index >= 15 is 0 Å². The summed E-state index contributed by atoms with van der Waals surface area (Å²) in [6.07, 6.45) is 1.64. The summed E-state index contributed by atoms with van der Waals surface area (Å²) in [7, 11) is 0. The van der Waals surface area contributed by atoms with Crippen LogP contribution in [0.15, 0.2) is 42.6 Å². The molecule has 0 aliphatic heterocycles. The largest absolute Gasteiger partial charge is 0.381 e. The third-order valence-electron chi connectivity index (χ3n) is 3.47. The van der Waals surface area contributed by atoms with Crippen LogP contribution in [0.4, 0.5) is 5.69 Å². The molecule has 4 nitrogen and oxygen atoms in total. The Bertz CT molecular complexity index is 641. The number of anilines is 1. The molecule has 0 bridgehead atoms. The summed E-state index contributed by atoms with van der Waals surface area (Å²) in [5.74, 6) is -0.0496. The van der Waals surface area contributed by atoms with Crippen LogP contribution >= 0.6 is 11.6 Å². The van der Waals surface area contributed by atoms with E-state index in [1.54, 1.807) is 17.2 Å². The van der Waals surface area contributed by atoms with Gasteiger partial charge in [0.1, 0.15) is 5.69 Å². The summed E-state index contributed by atoms with van der Waals surface area (Å²) < 4.78 is 0. The second-order valence-corrected chi connectivity index (χ2v) is 5.26. The predicted octanol–water partition coefficient (Wildman–Crippen LogP) is 3.83. The van der Waals surface area contributed by atoms with E-state index in [0.717, 1.165) is 16.3 Å². The zero-order valence-electron chi connectivity index (χ0n) is 12.8. The van der Waals surface area contributed by atoms with E-state index in [2.05, 4.69) is 10.3 Å². The van der Waals surface area contributed by atoms with Crippen LogP contribution in [0.1, 0.15) is 29.9 Å². The van der Waals surface area contributed by atoms with Gasteiger partial charge in [-0.05, 0) is 37.6 Å². The van der Waals surface area contributed by atoms with Crippen LogP contribution in [-0.4, -0.2) is 28.9 Å². The van der Waals surface area contributed by atoms with E-state index in [1.807, 2.05) is 44.2 Å². The number of nitrogens with one attached hydrogen (secondary N) is 1. The van der Waals surface area contributed by atoms with Gasteiger partial charge < -0.3 is 10.2 Å². The topological polar surface area (TPSA) is 45.2 Å². The summed E-state index contributed by atoms with van der Waals surface area (Å²) >= 11 is 6.14. The average Bonchev–Trinajstić information content (AvgIpc) is 2.55. The van der Waals surface area contributed by atoms with Gasteiger partial charge in [-0.1, -0.05) is 29.8 Å². The van der Waals surface area contributed by atoms with Gasteiger partial charge in [-0.15, -0.1) is 0 Å². The molecule has 22 heavy (non-hydrogen) atoms. The zero-order chi connectivity index (χ0) is 15.9. The van der Waals surface area contributed by atoms with Crippen molar-refractivity contribution in [2.24, 2.45) is 0 Å². The van der Waals surface area contributed by atoms with Crippen molar-refractivity contribution in [1.29, 1.82) is 0 Å². The van der Waals surface area contributed by atoms with Crippen LogP contribution in [0.3, 0.4) is 0 Å². The minimum Gasteiger partial charge on any atom is -0.381 e. The quantitative estimate of drug-likeness (QED) is 0.880. The van der Waals surface area contributed by atoms with E-state index in [4.69, 9.17) is 11.6 Å². The number of nitrogens with zero attached hydrogens (tertiary/aromatic N) is 2. The van der Waals surface area contributed by atoms with Crippen LogP contribution in [0.25, 0.3) is 0 Å². The van der Waals surface area contributed by atoms with Gasteiger partial charge in [-0.2, -0.15) is 0 Å². The van der Waals surface area contributed by atoms with Crippen molar-refractivity contribution in [3.63, 3.8) is 0 Å². The summed E-state index contributed by atoms with van der Waals surface area (Å²) in [5, 5.41) is 4.00. The van der Waals surface area contributed by atoms with Crippen molar-refractivity contribution in [2.75, 3.05) is 18.4 Å². The molecule has 1 heterocycles. The van der Waals surface area contributed by atoms with Crippen LogP contribution in [0, 0.1) is 0 Å². The molecule has 0 atom stereocenters. The Hall–Kier alpha value is -2.07. The van der Waals surface area contributed by atoms with E-state index in [-0.39, 0.29) is 5.91 Å². The molecule has 1 aromatic heterocycles. The van der Waals surface area contributed by atoms with Crippen molar-refractivity contribution in [3.05, 3.63) is 58.9 Å². The lowest BCUT2D eigenvalue weighted by Crippen LogP contribution is -2.31. The first kappa shape index (κ1) is 16.3. The standard InChI is InChI=1S/C17H20ClN3O/c1-3-21(4-2)17(22)16-11-14(9-10-19-16)20-12-13-7-5-6-8-15(13)18/h5-11H,3-4,12H2,1-2H3,(H,19,20). The fourth-order valence-corrected chi connectivity index (χ4v) is 2.37. The number of aromatic nitrogens is 1. The molecule has 1 aromatic carbocycles. The van der Waals surface area contributed by atoms with Crippen molar-refractivity contribution >= 4 is 23.2 Å². The Morgan fingerprint density at radius 3 is 2.64 bits per heavy atom. The molecule has 0 saturated heterocycles. The number of carbonyl (C=O) groups is 1. The lowest BCUT2D eigenvalue weighted by atomic mass is 10.2. The first-order chi connectivity index (χ1) is 10.7. The Labute approximate surface area is 136 Å². The van der Waals surface area contributed by atoms with Crippen molar-refractivity contribution in [1.82, 2.24) is 9.88 Å². The van der Waals surface area contributed by atoms with E-state index in [1.165, 1.54) is 0 Å². The lowest BCUT2D eigenvalue weighted by molar-refractivity contribution is 0.0767. The average molecular weight is 318 g/mol. The molecule has 2 aromatic rings. The number of pyridine rings is 1. The minimum atomic E-state index is -0.0496. The van der Waals surface area contributed by atoms with Gasteiger partial charge in [0.25, 0.3) is 5.91 Å². The maximum atomic E-state index is 12.3. The Morgan fingerprint density at radius 2 is 1.95 bits per heavy atom. The normalized spacial score (nSPS) is 10.3. The molecule has 0 saturated carbocycles. The van der Waals surface area contributed by atoms with E-state index in [0.29, 0.717) is 25.3 Å². The van der Waals surface area contributed by atoms with Gasteiger partial charge in [-0.3, -0.25) is 9.78 Å². The van der Waals surface area contributed by atoms with Crippen LogP contribution in [-0.2, 0) is 6.54 Å². The summed E-state index contributed by atoms with van der Waals surface area (Å²) in [4.78, 5) is 18.2. The van der Waals surface area contributed by atoms with E-state index < -0.39 is 0 Å². The Kier molecular flexibility index (Phi) is 5.78. The van der Waals surface area contributed by atoms with Crippen LogP contribution in [0.5, 0.6) is 0 Å². The number of amides is 1. The summed E-state index contributed by atoms with van der Waals surface area (Å²) in [6.45, 7) is 5.87. The molecule has 0 aliphatic rings. The lowest BCUT2D eigenvalue weighted by Gasteiger charge is -2.18. The number of hydrogen-bond donors (Lipinski definition) is 1. The molecule has 0 unspecified atom stereocenters. The second kappa shape index (κ2) is 7.80. The number of hydrogen-bond acceptors (Lipinski definition) is 3. The van der Waals surface area contributed by atoms with Crippen LogP contribution in [0.2, 0.25) is 5.02 Å². The van der Waals surface area contributed by atoms with Gasteiger partial charge in [0.2, 0.25) is 0 Å². The predicted molar refractivity (Wildman–Crippen MR) is 90.3 cm³/mol. The highest BCUT2D eigenvalue weighted by Gasteiger charge is 2.14. The number of halogens is 1. The molecule has 0 radical (unpaired) electrons. The van der Waals surface area contributed by atoms with Gasteiger partial charge in [0.15, 0.2) is 0 Å². The smallest absolute Gasteiger partial charge is 0.272 e. The van der Waals surface area contributed by atoms with Crippen LogP contribution < -0.4 is 5.32 Å². The Morgan fingerprint density at radius 1 is 1.23 bits per heavy atom. The monoisotopic (exact) mass is 317 g/mol. The third-order valence-corrected chi connectivity index (χ3v) is 3.84. The maximum Gasteiger partial charge on any atom is 0.272 e. The highest BCUT2D eigenvalue weighted by Crippen LogP contribution is 2.17. The highest BCUT2D eigenvalue weighted by molar-refractivity contribution is 6.31. The fraction of sp³-hybridized carbons (Fsp3) is 0.294. The molecular formula is C17H20ClN3O. The third kappa shape index (κ3) is 3.98. The molecule has 0 aliphatic carbocycles. The molecule has 0 fully saturated rings. The molecule has 1 amide bonds. The number of rotatable bonds is 6. The van der Waals surface area contributed by atoms with Gasteiger partial charge in [0.05, 0.1) is 0 Å². The van der Waals surface area contributed by atoms with Gasteiger partial charge in [0, 0.05) is 36.5 Å². The van der Waals surface area contributed by atoms with Crippen molar-refractivity contribution < 1.29 is 4.79 Å². The summed E-state index contributed by atoms with van der Waals surface area (Å²) in [6, 6.07) is 11.3. The minimum absolute atomic E-state index is 0.0496. The molecule has 1 N–H and O–H groups in total. The highest BCUT2D eigenvalue weighted by atomic mass is 35.5. The number of carbonyl (C=O) groups excluding carboxylic acids is 1. The molecular weight excluding hydrogens is 298 g/mol. The molecule has 0 spiro atoms. The molecule has 5 heteroatoms. The Balaban J connectivity index is 2.09.